The lowest BCUT2D eigenvalue weighted by Gasteiger charge is -2.13. The van der Waals surface area contributed by atoms with Crippen molar-refractivity contribution in [1.82, 2.24) is 0 Å². The van der Waals surface area contributed by atoms with Gasteiger partial charge in [-0.25, -0.2) is 0 Å². The summed E-state index contributed by atoms with van der Waals surface area (Å²) in [4.78, 5) is 0. The van der Waals surface area contributed by atoms with Crippen LogP contribution in [0.5, 0.6) is 5.75 Å². The summed E-state index contributed by atoms with van der Waals surface area (Å²) >= 11 is 11.7. The van der Waals surface area contributed by atoms with Crippen molar-refractivity contribution in [3.63, 3.8) is 0 Å². The summed E-state index contributed by atoms with van der Waals surface area (Å²) in [6.45, 7) is 0. The van der Waals surface area contributed by atoms with E-state index in [1.165, 1.54) is 12.8 Å². The molecule has 0 aromatic heterocycles. The Hall–Kier alpha value is -0.150. The summed E-state index contributed by atoms with van der Waals surface area (Å²) in [6.07, 6.45) is 3.51. The molecule has 90 valence electrons. The van der Waals surface area contributed by atoms with Gasteiger partial charge in [0.15, 0.2) is 5.75 Å². The van der Waals surface area contributed by atoms with Crippen LogP contribution in [0.2, 0.25) is 10.0 Å². The quantitative estimate of drug-likeness (QED) is 0.882. The van der Waals surface area contributed by atoms with Gasteiger partial charge < -0.3 is 10.8 Å². The molecule has 1 atom stereocenters. The molecular weight excluding hydrogens is 268 g/mol. The van der Waals surface area contributed by atoms with Crippen LogP contribution >= 0.6 is 35.6 Å². The van der Waals surface area contributed by atoms with E-state index in [1.54, 1.807) is 12.1 Å². The van der Waals surface area contributed by atoms with Crippen LogP contribution in [-0.2, 0) is 0 Å². The Morgan fingerprint density at radius 1 is 1.31 bits per heavy atom. The van der Waals surface area contributed by atoms with Crippen molar-refractivity contribution in [3.8, 4) is 5.75 Å². The molecule has 2 nitrogen and oxygen atoms in total. The van der Waals surface area contributed by atoms with Gasteiger partial charge in [0.25, 0.3) is 0 Å². The molecule has 0 bridgehead atoms. The van der Waals surface area contributed by atoms with Crippen LogP contribution in [-0.4, -0.2) is 5.11 Å². The molecule has 0 aliphatic heterocycles. The topological polar surface area (TPSA) is 46.2 Å². The number of hydrogen-bond acceptors (Lipinski definition) is 2. The molecule has 2 rings (SSSR count). The number of phenolic OH excluding ortho intramolecular Hbond substituents is 1. The standard InChI is InChI=1S/C11H13Cl2NO.ClH/c12-8-4-7(5-9(13)11(8)15)10(14)3-6-1-2-6;/h4-6,10,15H,1-3,14H2;1H/t10-;/m0./s1. The minimum Gasteiger partial charge on any atom is -0.505 e. The van der Waals surface area contributed by atoms with Crippen molar-refractivity contribution >= 4 is 35.6 Å². The summed E-state index contributed by atoms with van der Waals surface area (Å²) in [6, 6.07) is 3.35. The first-order valence-corrected chi connectivity index (χ1v) is 5.77. The molecule has 3 N–H and O–H groups in total. The molecular formula is C11H14Cl3NO. The van der Waals surface area contributed by atoms with E-state index in [9.17, 15) is 5.11 Å². The van der Waals surface area contributed by atoms with Crippen LogP contribution < -0.4 is 5.73 Å². The third kappa shape index (κ3) is 3.17. The third-order valence-electron chi connectivity index (χ3n) is 2.75. The van der Waals surface area contributed by atoms with E-state index in [1.807, 2.05) is 0 Å². The lowest BCUT2D eigenvalue weighted by Crippen LogP contribution is -2.10. The Balaban J connectivity index is 0.00000128. The second-order valence-electron chi connectivity index (χ2n) is 4.12. The molecule has 16 heavy (non-hydrogen) atoms. The maximum Gasteiger partial charge on any atom is 0.152 e. The van der Waals surface area contributed by atoms with Gasteiger partial charge in [-0.2, -0.15) is 0 Å². The summed E-state index contributed by atoms with van der Waals surface area (Å²) in [5, 5.41) is 9.94. The SMILES string of the molecule is Cl.N[C@@H](CC1CC1)c1cc(Cl)c(O)c(Cl)c1. The Bertz CT molecular complexity index is 356. The molecule has 1 saturated carbocycles. The van der Waals surface area contributed by atoms with Gasteiger partial charge in [-0.3, -0.25) is 0 Å². The molecule has 1 aliphatic rings. The first-order chi connectivity index (χ1) is 7.08. The Kier molecular flexibility index (Phi) is 4.74. The molecule has 1 aliphatic carbocycles. The first-order valence-electron chi connectivity index (χ1n) is 5.01. The highest BCUT2D eigenvalue weighted by Crippen LogP contribution is 2.39. The molecule has 1 fully saturated rings. The van der Waals surface area contributed by atoms with Crippen LogP contribution in [0, 0.1) is 5.92 Å². The normalized spacial score (nSPS) is 16.7. The molecule has 5 heteroatoms. The summed E-state index contributed by atoms with van der Waals surface area (Å²) in [7, 11) is 0. The summed E-state index contributed by atoms with van der Waals surface area (Å²) < 4.78 is 0. The molecule has 0 heterocycles. The van der Waals surface area contributed by atoms with Crippen LogP contribution in [0.3, 0.4) is 0 Å². The predicted molar refractivity (Wildman–Crippen MR) is 69.6 cm³/mol. The van der Waals surface area contributed by atoms with Crippen LogP contribution in [0.15, 0.2) is 12.1 Å². The van der Waals surface area contributed by atoms with Crippen molar-refractivity contribution in [2.75, 3.05) is 0 Å². The monoisotopic (exact) mass is 281 g/mol. The fourth-order valence-corrected chi connectivity index (χ4v) is 2.15. The molecule has 1 aromatic rings. The van der Waals surface area contributed by atoms with Gasteiger partial charge in [-0.1, -0.05) is 36.0 Å². The van der Waals surface area contributed by atoms with E-state index >= 15 is 0 Å². The van der Waals surface area contributed by atoms with Gasteiger partial charge in [0.2, 0.25) is 0 Å². The molecule has 0 spiro atoms. The van der Waals surface area contributed by atoms with Crippen molar-refractivity contribution in [2.45, 2.75) is 25.3 Å². The average Bonchev–Trinajstić information content (AvgIpc) is 2.97. The fraction of sp³-hybridized carbons (Fsp3) is 0.455. The number of benzene rings is 1. The van der Waals surface area contributed by atoms with E-state index < -0.39 is 0 Å². The minimum atomic E-state index is -0.0688. The number of nitrogens with two attached hydrogens (primary N) is 1. The van der Waals surface area contributed by atoms with Gasteiger partial charge in [0.1, 0.15) is 0 Å². The Morgan fingerprint density at radius 2 is 1.81 bits per heavy atom. The fourth-order valence-electron chi connectivity index (χ4n) is 1.65. The lowest BCUT2D eigenvalue weighted by atomic mass is 10.0. The van der Waals surface area contributed by atoms with E-state index in [4.69, 9.17) is 28.9 Å². The first kappa shape index (κ1) is 13.9. The number of aromatic hydroxyl groups is 1. The van der Waals surface area contributed by atoms with Crippen molar-refractivity contribution < 1.29 is 5.11 Å². The molecule has 0 unspecified atom stereocenters. The Labute approximate surface area is 111 Å². The van der Waals surface area contributed by atoms with Crippen molar-refractivity contribution in [2.24, 2.45) is 11.7 Å². The van der Waals surface area contributed by atoms with Crippen LogP contribution in [0.4, 0.5) is 0 Å². The minimum absolute atomic E-state index is 0. The largest absolute Gasteiger partial charge is 0.505 e. The zero-order valence-electron chi connectivity index (χ0n) is 8.62. The van der Waals surface area contributed by atoms with E-state index in [2.05, 4.69) is 0 Å². The second-order valence-corrected chi connectivity index (χ2v) is 4.93. The van der Waals surface area contributed by atoms with Gasteiger partial charge >= 0.3 is 0 Å². The highest BCUT2D eigenvalue weighted by molar-refractivity contribution is 6.37. The second kappa shape index (κ2) is 5.46. The predicted octanol–water partition coefficient (Wildman–Crippen LogP) is 3.92. The zero-order valence-corrected chi connectivity index (χ0v) is 10.9. The number of rotatable bonds is 3. The van der Waals surface area contributed by atoms with Gasteiger partial charge in [-0.05, 0) is 30.0 Å². The molecule has 0 radical (unpaired) electrons. The number of phenols is 1. The van der Waals surface area contributed by atoms with Crippen molar-refractivity contribution in [1.29, 1.82) is 0 Å². The number of halogens is 3. The zero-order chi connectivity index (χ0) is 11.0. The lowest BCUT2D eigenvalue weighted by molar-refractivity contribution is 0.475. The third-order valence-corrected chi connectivity index (χ3v) is 3.33. The summed E-state index contributed by atoms with van der Waals surface area (Å²) in [5.74, 6) is 0.687. The smallest absolute Gasteiger partial charge is 0.152 e. The van der Waals surface area contributed by atoms with Gasteiger partial charge in [0.05, 0.1) is 10.0 Å². The highest BCUT2D eigenvalue weighted by Gasteiger charge is 2.25. The van der Waals surface area contributed by atoms with E-state index in [0.29, 0.717) is 0 Å². The van der Waals surface area contributed by atoms with E-state index in [0.717, 1.165) is 17.9 Å². The van der Waals surface area contributed by atoms with Gasteiger partial charge in [-0.15, -0.1) is 12.4 Å². The maximum absolute atomic E-state index is 9.40. The molecule has 1 aromatic carbocycles. The highest BCUT2D eigenvalue weighted by atomic mass is 35.5. The number of hydrogen-bond donors (Lipinski definition) is 2. The molecule has 0 saturated heterocycles. The van der Waals surface area contributed by atoms with Crippen molar-refractivity contribution in [3.05, 3.63) is 27.7 Å². The van der Waals surface area contributed by atoms with Crippen LogP contribution in [0.25, 0.3) is 0 Å². The van der Waals surface area contributed by atoms with E-state index in [-0.39, 0.29) is 34.2 Å². The average molecular weight is 283 g/mol. The van der Waals surface area contributed by atoms with Crippen LogP contribution in [0.1, 0.15) is 30.9 Å². The molecule has 0 amide bonds. The van der Waals surface area contributed by atoms with Gasteiger partial charge in [0, 0.05) is 6.04 Å². The maximum atomic E-state index is 9.40. The summed E-state index contributed by atoms with van der Waals surface area (Å²) in [5.41, 5.74) is 6.92. The Morgan fingerprint density at radius 3 is 2.25 bits per heavy atom.